The Bertz CT molecular complexity index is 752. The molecule has 3 rings (SSSR count). The van der Waals surface area contributed by atoms with Crippen LogP contribution in [0.5, 0.6) is 0 Å². The third-order valence-corrected chi connectivity index (χ3v) is 4.26. The van der Waals surface area contributed by atoms with Crippen molar-refractivity contribution in [3.63, 3.8) is 0 Å². The molecule has 0 radical (unpaired) electrons. The van der Waals surface area contributed by atoms with Crippen molar-refractivity contribution in [1.29, 1.82) is 0 Å². The first kappa shape index (κ1) is 12.6. The summed E-state index contributed by atoms with van der Waals surface area (Å²) in [6.45, 7) is 1.86. The van der Waals surface area contributed by atoms with Gasteiger partial charge in [0.2, 0.25) is 0 Å². The van der Waals surface area contributed by atoms with E-state index in [4.69, 9.17) is 7.48 Å². The summed E-state index contributed by atoms with van der Waals surface area (Å²) in [7, 11) is 0. The van der Waals surface area contributed by atoms with Crippen molar-refractivity contribution in [2.24, 2.45) is 0 Å². The van der Waals surface area contributed by atoms with Crippen molar-refractivity contribution in [2.75, 3.05) is 0 Å². The number of hydrogen-bond acceptors (Lipinski definition) is 2. The second kappa shape index (κ2) is 6.47. The summed E-state index contributed by atoms with van der Waals surface area (Å²) in [5, 5.41) is 0. The zero-order valence-electron chi connectivity index (χ0n) is 14.1. The number of benzene rings is 2. The van der Waals surface area contributed by atoms with Crippen LogP contribution in [-0.2, 0) is 15.9 Å². The number of nitrogens with zero attached hydrogens (tertiary/aromatic N) is 1. The van der Waals surface area contributed by atoms with E-state index in [1.165, 1.54) is 4.90 Å². The van der Waals surface area contributed by atoms with E-state index in [2.05, 4.69) is 15.6 Å². The number of hydrogen-bond donors (Lipinski definition) is 0. The van der Waals surface area contributed by atoms with Gasteiger partial charge in [-0.1, -0.05) is 0 Å². The van der Waals surface area contributed by atoms with Crippen LogP contribution in [0, 0.1) is 0 Å². The molecule has 112 valence electrons. The molecule has 1 fully saturated rings. The molecule has 1 saturated heterocycles. The van der Waals surface area contributed by atoms with Crippen molar-refractivity contribution in [3.05, 3.63) is 71.8 Å². The van der Waals surface area contributed by atoms with E-state index in [0.29, 0.717) is 10.3 Å². The fourth-order valence-corrected chi connectivity index (χ4v) is 3.27. The Kier molecular flexibility index (Phi) is 3.71. The average Bonchev–Trinajstić information content (AvgIpc) is 2.90. The van der Waals surface area contributed by atoms with E-state index < -0.39 is 12.3 Å². The van der Waals surface area contributed by atoms with Crippen molar-refractivity contribution in [3.8, 4) is 0 Å². The maximum absolute atomic E-state index is 12.9. The summed E-state index contributed by atoms with van der Waals surface area (Å²) < 4.78 is 22.7. The first-order valence-corrected chi connectivity index (χ1v) is 7.93. The molecule has 1 heterocycles. The van der Waals surface area contributed by atoms with E-state index in [1.54, 1.807) is 30.3 Å². The quantitative estimate of drug-likeness (QED) is 0.787. The number of carbonyl (C=O) groups is 1. The molecule has 22 heavy (non-hydrogen) atoms. The summed E-state index contributed by atoms with van der Waals surface area (Å²) >= 11 is 2.76. The van der Waals surface area contributed by atoms with Gasteiger partial charge < -0.3 is 0 Å². The van der Waals surface area contributed by atoms with Crippen molar-refractivity contribution in [1.82, 2.24) is 4.90 Å². The van der Waals surface area contributed by atoms with E-state index in [9.17, 15) is 4.79 Å². The Morgan fingerprint density at radius 3 is 2.41 bits per heavy atom. The van der Waals surface area contributed by atoms with Crippen LogP contribution in [0.4, 0.5) is 0 Å². The zero-order chi connectivity index (χ0) is 17.3. The van der Waals surface area contributed by atoms with Crippen LogP contribution in [-0.4, -0.2) is 37.2 Å². The summed E-state index contributed by atoms with van der Waals surface area (Å²) in [6.07, 6.45) is -2.45. The third-order valence-electron chi connectivity index (χ3n) is 3.64. The minimum atomic E-state index is -2.13. The molecule has 2 atom stereocenters. The molecule has 4 heteroatoms. The van der Waals surface area contributed by atoms with Crippen molar-refractivity contribution in [2.45, 2.75) is 25.4 Å². The van der Waals surface area contributed by atoms with Gasteiger partial charge in [0.25, 0.3) is 0 Å². The van der Waals surface area contributed by atoms with Crippen LogP contribution in [0.2, 0.25) is 0 Å². The third kappa shape index (κ3) is 2.99. The molecule has 0 aliphatic carbocycles. The zero-order valence-corrected chi connectivity index (χ0v) is 13.8. The van der Waals surface area contributed by atoms with Crippen LogP contribution in [0.15, 0.2) is 60.7 Å². The normalized spacial score (nSPS) is 22.8. The molecule has 1 aliphatic heterocycles. The molecule has 1 aliphatic rings. The van der Waals surface area contributed by atoms with Gasteiger partial charge in [-0.05, 0) is 0 Å². The van der Waals surface area contributed by atoms with Gasteiger partial charge >= 0.3 is 141 Å². The average molecular weight is 360 g/mol. The van der Waals surface area contributed by atoms with E-state index in [1.807, 2.05) is 37.3 Å². The van der Waals surface area contributed by atoms with E-state index in [0.717, 1.165) is 5.56 Å². The number of ether oxygens (including phenoxy) is 1. The first-order chi connectivity index (χ1) is 11.4. The van der Waals surface area contributed by atoms with Gasteiger partial charge in [-0.15, -0.1) is 0 Å². The molecule has 2 aromatic carbocycles. The Balaban J connectivity index is 1.89. The van der Waals surface area contributed by atoms with Gasteiger partial charge in [-0.2, -0.15) is 0 Å². The Labute approximate surface area is 141 Å². The van der Waals surface area contributed by atoms with Gasteiger partial charge in [0.15, 0.2) is 0 Å². The fourth-order valence-electron chi connectivity index (χ4n) is 2.53. The number of rotatable bonds is 3. The second-order valence-electron chi connectivity index (χ2n) is 5.12. The first-order valence-electron chi connectivity index (χ1n) is 8.07. The Morgan fingerprint density at radius 1 is 1.18 bits per heavy atom. The topological polar surface area (TPSA) is 29.5 Å². The van der Waals surface area contributed by atoms with Gasteiger partial charge in [0.1, 0.15) is 0 Å². The predicted octanol–water partition coefficient (Wildman–Crippen LogP) is 2.47. The van der Waals surface area contributed by atoms with Gasteiger partial charge in [0, 0.05) is 0 Å². The Hall–Kier alpha value is -1.90. The molecular formula is C18H17NO2Se. The molecule has 1 amide bonds. The van der Waals surface area contributed by atoms with E-state index in [-0.39, 0.29) is 12.1 Å². The van der Waals surface area contributed by atoms with E-state index >= 15 is 0 Å². The van der Waals surface area contributed by atoms with Gasteiger partial charge in [-0.25, -0.2) is 0 Å². The molecule has 0 unspecified atom stereocenters. The number of amides is 1. The van der Waals surface area contributed by atoms with Crippen molar-refractivity contribution < 1.29 is 12.3 Å². The molecule has 0 aromatic heterocycles. The van der Waals surface area contributed by atoms with Gasteiger partial charge in [0.05, 0.1) is 0 Å². The molecular weight excluding hydrogens is 341 g/mol. The predicted molar refractivity (Wildman–Crippen MR) is 87.5 cm³/mol. The molecule has 3 nitrogen and oxygen atoms in total. The van der Waals surface area contributed by atoms with Crippen LogP contribution in [0.3, 0.4) is 0 Å². The monoisotopic (exact) mass is 361 g/mol. The summed E-state index contributed by atoms with van der Waals surface area (Å²) in [6, 6.07) is 17.8. The molecule has 0 saturated carbocycles. The van der Waals surface area contributed by atoms with Crippen LogP contribution in [0.1, 0.15) is 26.9 Å². The second-order valence-corrected chi connectivity index (χ2v) is 5.85. The molecule has 0 spiro atoms. The summed E-state index contributed by atoms with van der Waals surface area (Å²) in [5.41, 5.74) is 1.28. The van der Waals surface area contributed by atoms with Crippen LogP contribution in [0.25, 0.3) is 0 Å². The van der Waals surface area contributed by atoms with Crippen LogP contribution < -0.4 is 0 Å². The molecule has 2 aromatic rings. The summed E-state index contributed by atoms with van der Waals surface area (Å²) in [4.78, 5) is 14.3. The van der Waals surface area contributed by atoms with Gasteiger partial charge in [-0.3, -0.25) is 0 Å². The molecule has 0 bridgehead atoms. The molecule has 0 N–H and O–H groups in total. The summed E-state index contributed by atoms with van der Waals surface area (Å²) in [5.74, 6) is -0.631. The van der Waals surface area contributed by atoms with Crippen molar-refractivity contribution >= 4 is 26.2 Å². The standard InChI is InChI=1S/C18H17NO2Se/c1-13-17(15-10-6-3-7-11-15)21-18(22)19(13)16(20)12-14-8-4-2-5-9-14/h2-11,13,17H,12H2,1H3/t13-,17-/m1/s1/i12D2. The fraction of sp³-hybridized carbons (Fsp3) is 0.222. The van der Waals surface area contributed by atoms with Crippen LogP contribution >= 0.6 is 0 Å². The maximum atomic E-state index is 12.9. The minimum absolute atomic E-state index is 0.307. The SMILES string of the molecule is [2H]C([2H])(C(=O)N1C(=[Se])O[C@@H](c2ccccc2)[C@H]1C)c1ccccc1. The number of carbonyl (C=O) groups excluding carboxylic acids is 1. The Morgan fingerprint density at radius 2 is 1.77 bits per heavy atom.